The number of ether oxygens (including phenoxy) is 1. The lowest BCUT2D eigenvalue weighted by Gasteiger charge is -2.19. The third-order valence-electron chi connectivity index (χ3n) is 4.83. The number of carbonyl (C=O) groups excluding carboxylic acids is 1. The zero-order valence-corrected chi connectivity index (χ0v) is 15.7. The maximum Gasteiger partial charge on any atom is 0.276 e. The van der Waals surface area contributed by atoms with Gasteiger partial charge in [0.2, 0.25) is 5.60 Å². The first-order valence-electron chi connectivity index (χ1n) is 9.07. The van der Waals surface area contributed by atoms with Crippen molar-refractivity contribution in [2.24, 2.45) is 0 Å². The number of carbonyl (C=O) groups is 1. The molecular formula is C24H18FNO3. The average molecular weight is 387 g/mol. The van der Waals surface area contributed by atoms with Gasteiger partial charge in [-0.3, -0.25) is 4.79 Å². The number of hydrogen-bond acceptors (Lipinski definition) is 3. The second-order valence-electron chi connectivity index (χ2n) is 6.73. The van der Waals surface area contributed by atoms with Crippen molar-refractivity contribution < 1.29 is 19.0 Å². The molecule has 3 aromatic carbocycles. The van der Waals surface area contributed by atoms with Crippen LogP contribution in [0.2, 0.25) is 0 Å². The lowest BCUT2D eigenvalue weighted by molar-refractivity contribution is -0.130. The standard InChI is InChI=1S/C24H18FNO3/c1-29-20-9-5-8-17(14-20)12-13-24(28)21-15-19(25)10-11-22(21)26(23(24)27)16-18-6-3-2-4-7-18/h2-11,14-15,28H,16H2,1H3/t24-/m0/s1. The predicted octanol–water partition coefficient (Wildman–Crippen LogP) is 3.62. The third kappa shape index (κ3) is 3.46. The molecule has 0 radical (unpaired) electrons. The van der Waals surface area contributed by atoms with Gasteiger partial charge in [0, 0.05) is 11.1 Å². The highest BCUT2D eigenvalue weighted by Gasteiger charge is 2.49. The van der Waals surface area contributed by atoms with E-state index in [0.717, 1.165) is 5.56 Å². The SMILES string of the molecule is COc1cccc(C#C[C@@]2(O)C(=O)N(Cc3ccccc3)c3ccc(F)cc32)c1. The normalized spacial score (nSPS) is 17.5. The van der Waals surface area contributed by atoms with E-state index in [-0.39, 0.29) is 12.1 Å². The van der Waals surface area contributed by atoms with Crippen molar-refractivity contribution in [3.8, 4) is 17.6 Å². The van der Waals surface area contributed by atoms with Gasteiger partial charge in [-0.05, 0) is 47.9 Å². The van der Waals surface area contributed by atoms with Gasteiger partial charge in [-0.15, -0.1) is 0 Å². The summed E-state index contributed by atoms with van der Waals surface area (Å²) in [5, 5.41) is 11.2. The summed E-state index contributed by atoms with van der Waals surface area (Å²) in [4.78, 5) is 14.6. The Balaban J connectivity index is 1.76. The van der Waals surface area contributed by atoms with E-state index in [1.54, 1.807) is 31.4 Å². The fraction of sp³-hybridized carbons (Fsp3) is 0.125. The van der Waals surface area contributed by atoms with E-state index in [1.807, 2.05) is 30.3 Å². The first-order valence-corrected chi connectivity index (χ1v) is 9.07. The van der Waals surface area contributed by atoms with Crippen LogP contribution in [-0.4, -0.2) is 18.1 Å². The fourth-order valence-electron chi connectivity index (χ4n) is 3.36. The van der Waals surface area contributed by atoms with Gasteiger partial charge in [0.15, 0.2) is 0 Å². The van der Waals surface area contributed by atoms with Crippen molar-refractivity contribution in [3.63, 3.8) is 0 Å². The predicted molar refractivity (Wildman–Crippen MR) is 108 cm³/mol. The Morgan fingerprint density at radius 2 is 1.86 bits per heavy atom. The van der Waals surface area contributed by atoms with E-state index in [1.165, 1.54) is 23.1 Å². The van der Waals surface area contributed by atoms with E-state index in [9.17, 15) is 14.3 Å². The Morgan fingerprint density at radius 3 is 2.62 bits per heavy atom. The molecular weight excluding hydrogens is 369 g/mol. The van der Waals surface area contributed by atoms with Gasteiger partial charge >= 0.3 is 0 Å². The van der Waals surface area contributed by atoms with Crippen LogP contribution in [0.1, 0.15) is 16.7 Å². The Morgan fingerprint density at radius 1 is 1.07 bits per heavy atom. The molecule has 1 atom stereocenters. The number of amides is 1. The monoisotopic (exact) mass is 387 g/mol. The molecule has 3 aromatic rings. The van der Waals surface area contributed by atoms with Gasteiger partial charge < -0.3 is 14.7 Å². The smallest absolute Gasteiger partial charge is 0.276 e. The number of rotatable bonds is 3. The largest absolute Gasteiger partial charge is 0.497 e. The third-order valence-corrected chi connectivity index (χ3v) is 4.83. The van der Waals surface area contributed by atoms with Crippen molar-refractivity contribution in [2.45, 2.75) is 12.1 Å². The van der Waals surface area contributed by atoms with Gasteiger partial charge in [0.25, 0.3) is 5.91 Å². The van der Waals surface area contributed by atoms with E-state index in [2.05, 4.69) is 11.8 Å². The summed E-state index contributed by atoms with van der Waals surface area (Å²) in [6.45, 7) is 0.251. The molecule has 1 N–H and O–H groups in total. The number of nitrogens with zero attached hydrogens (tertiary/aromatic N) is 1. The summed E-state index contributed by atoms with van der Waals surface area (Å²) in [6, 6.07) is 20.3. The molecule has 0 fully saturated rings. The van der Waals surface area contributed by atoms with E-state index < -0.39 is 17.3 Å². The Hall–Kier alpha value is -3.62. The summed E-state index contributed by atoms with van der Waals surface area (Å²) in [5.74, 6) is 4.96. The maximum absolute atomic E-state index is 13.9. The fourth-order valence-corrected chi connectivity index (χ4v) is 3.36. The number of aliphatic hydroxyl groups is 1. The van der Waals surface area contributed by atoms with Crippen molar-refractivity contribution in [1.29, 1.82) is 0 Å². The minimum absolute atomic E-state index is 0.147. The topological polar surface area (TPSA) is 49.8 Å². The number of anilines is 1. The van der Waals surface area contributed by atoms with Gasteiger partial charge in [-0.25, -0.2) is 4.39 Å². The molecule has 4 rings (SSSR count). The molecule has 0 bridgehead atoms. The second-order valence-corrected chi connectivity index (χ2v) is 6.73. The van der Waals surface area contributed by atoms with Crippen LogP contribution in [0.3, 0.4) is 0 Å². The van der Waals surface area contributed by atoms with Crippen molar-refractivity contribution in [1.82, 2.24) is 0 Å². The minimum Gasteiger partial charge on any atom is -0.497 e. The highest BCUT2D eigenvalue weighted by Crippen LogP contribution is 2.41. The quantitative estimate of drug-likeness (QED) is 0.699. The second kappa shape index (κ2) is 7.42. The molecule has 1 aliphatic rings. The molecule has 1 amide bonds. The minimum atomic E-state index is -2.13. The number of fused-ring (bicyclic) bond motifs is 1. The molecule has 29 heavy (non-hydrogen) atoms. The Labute approximate surface area is 168 Å². The molecule has 0 aliphatic carbocycles. The summed E-state index contributed by atoms with van der Waals surface area (Å²) in [5.41, 5.74) is -0.0716. The lowest BCUT2D eigenvalue weighted by atomic mass is 9.95. The molecule has 144 valence electrons. The molecule has 0 aromatic heterocycles. The number of benzene rings is 3. The van der Waals surface area contributed by atoms with Crippen LogP contribution in [0.25, 0.3) is 0 Å². The van der Waals surface area contributed by atoms with Gasteiger partial charge in [0.05, 0.1) is 19.3 Å². The number of hydrogen-bond donors (Lipinski definition) is 1. The first-order chi connectivity index (χ1) is 14.0. The van der Waals surface area contributed by atoms with E-state index in [4.69, 9.17) is 4.74 Å². The van der Waals surface area contributed by atoms with E-state index >= 15 is 0 Å². The van der Waals surface area contributed by atoms with Crippen LogP contribution in [0.15, 0.2) is 72.8 Å². The van der Waals surface area contributed by atoms with Crippen LogP contribution in [0, 0.1) is 17.7 Å². The molecule has 0 unspecified atom stereocenters. The number of halogens is 1. The van der Waals surface area contributed by atoms with E-state index in [0.29, 0.717) is 17.0 Å². The zero-order valence-electron chi connectivity index (χ0n) is 15.7. The summed E-state index contributed by atoms with van der Waals surface area (Å²) >= 11 is 0. The maximum atomic E-state index is 13.9. The highest BCUT2D eigenvalue weighted by atomic mass is 19.1. The Kier molecular flexibility index (Phi) is 4.79. The highest BCUT2D eigenvalue weighted by molar-refractivity contribution is 6.09. The van der Waals surface area contributed by atoms with Gasteiger partial charge in [-0.1, -0.05) is 42.3 Å². The summed E-state index contributed by atoms with van der Waals surface area (Å²) in [7, 11) is 1.54. The molecule has 4 nitrogen and oxygen atoms in total. The zero-order chi connectivity index (χ0) is 20.4. The number of methoxy groups -OCH3 is 1. The van der Waals surface area contributed by atoms with Crippen LogP contribution >= 0.6 is 0 Å². The Bertz CT molecular complexity index is 1130. The van der Waals surface area contributed by atoms with Crippen molar-refractivity contribution >= 4 is 11.6 Å². The summed E-state index contributed by atoms with van der Waals surface area (Å²) in [6.07, 6.45) is 0. The van der Waals surface area contributed by atoms with Gasteiger partial charge in [0.1, 0.15) is 11.6 Å². The molecule has 1 aliphatic heterocycles. The van der Waals surface area contributed by atoms with Crippen LogP contribution in [0.5, 0.6) is 5.75 Å². The van der Waals surface area contributed by atoms with Crippen LogP contribution < -0.4 is 9.64 Å². The van der Waals surface area contributed by atoms with Crippen LogP contribution in [0.4, 0.5) is 10.1 Å². The van der Waals surface area contributed by atoms with Gasteiger partial charge in [-0.2, -0.15) is 0 Å². The molecule has 5 heteroatoms. The molecule has 0 saturated heterocycles. The van der Waals surface area contributed by atoms with Crippen molar-refractivity contribution in [3.05, 3.63) is 95.3 Å². The molecule has 0 saturated carbocycles. The van der Waals surface area contributed by atoms with Crippen molar-refractivity contribution in [2.75, 3.05) is 12.0 Å². The molecule has 0 spiro atoms. The lowest BCUT2D eigenvalue weighted by Crippen LogP contribution is -2.39. The first kappa shape index (κ1) is 18.7. The van der Waals surface area contributed by atoms with Crippen LogP contribution in [-0.2, 0) is 16.9 Å². The summed E-state index contributed by atoms with van der Waals surface area (Å²) < 4.78 is 19.1. The molecule has 1 heterocycles. The average Bonchev–Trinajstić information content (AvgIpc) is 2.95.